The summed E-state index contributed by atoms with van der Waals surface area (Å²) in [6.07, 6.45) is 8.62. The third-order valence-corrected chi connectivity index (χ3v) is 2.91. The predicted octanol–water partition coefficient (Wildman–Crippen LogP) is 2.50. The Morgan fingerprint density at radius 1 is 1.20 bits per heavy atom. The molecular formula is C9H16O. The van der Waals surface area contributed by atoms with E-state index in [9.17, 15) is 0 Å². The quantitative estimate of drug-likeness (QED) is 0.502. The summed E-state index contributed by atoms with van der Waals surface area (Å²) in [6.45, 7) is 2.28. The zero-order chi connectivity index (χ0) is 7.03. The van der Waals surface area contributed by atoms with E-state index in [0.717, 1.165) is 0 Å². The van der Waals surface area contributed by atoms with Crippen molar-refractivity contribution in [1.29, 1.82) is 0 Å². The Morgan fingerprint density at radius 2 is 1.80 bits per heavy atom. The topological polar surface area (TPSA) is 9.23 Å². The molecule has 0 radical (unpaired) electrons. The first kappa shape index (κ1) is 6.66. The normalized spacial score (nSPS) is 47.1. The van der Waals surface area contributed by atoms with Gasteiger partial charge in [0.25, 0.3) is 0 Å². The maximum Gasteiger partial charge on any atom is 0.0658 e. The summed E-state index contributed by atoms with van der Waals surface area (Å²) in [5, 5.41) is 0. The maximum absolute atomic E-state index is 5.91. The monoisotopic (exact) mass is 140 g/mol. The van der Waals surface area contributed by atoms with Gasteiger partial charge in [0.05, 0.1) is 11.7 Å². The summed E-state index contributed by atoms with van der Waals surface area (Å²) in [5.74, 6) is 0. The van der Waals surface area contributed by atoms with Crippen LogP contribution >= 0.6 is 0 Å². The number of fused-ring (bicyclic) bond motifs is 2. The fourth-order valence-corrected chi connectivity index (χ4v) is 2.31. The summed E-state index contributed by atoms with van der Waals surface area (Å²) in [6, 6.07) is 0. The number of ether oxygens (including phenoxy) is 1. The fourth-order valence-electron chi connectivity index (χ4n) is 2.31. The molecule has 10 heavy (non-hydrogen) atoms. The van der Waals surface area contributed by atoms with Crippen LogP contribution in [0.25, 0.3) is 0 Å². The average Bonchev–Trinajstić information content (AvgIpc) is 1.86. The maximum atomic E-state index is 5.91. The lowest BCUT2D eigenvalue weighted by molar-refractivity contribution is -0.148. The highest BCUT2D eigenvalue weighted by Gasteiger charge is 2.35. The number of rotatable bonds is 0. The van der Waals surface area contributed by atoms with Crippen molar-refractivity contribution in [3.8, 4) is 0 Å². The molecule has 2 bridgehead atoms. The minimum absolute atomic E-state index is 0.279. The summed E-state index contributed by atoms with van der Waals surface area (Å²) in [5.41, 5.74) is 0.279. The highest BCUT2D eigenvalue weighted by molar-refractivity contribution is 4.86. The minimum atomic E-state index is 0.279. The van der Waals surface area contributed by atoms with E-state index in [-0.39, 0.29) is 5.60 Å². The molecule has 1 heteroatoms. The zero-order valence-electron chi connectivity index (χ0n) is 6.73. The van der Waals surface area contributed by atoms with Crippen LogP contribution in [0.15, 0.2) is 0 Å². The molecule has 0 aromatic rings. The van der Waals surface area contributed by atoms with Gasteiger partial charge in [0, 0.05) is 0 Å². The van der Waals surface area contributed by atoms with E-state index in [0.29, 0.717) is 6.10 Å². The van der Waals surface area contributed by atoms with Gasteiger partial charge in [0.1, 0.15) is 0 Å². The Balaban J connectivity index is 2.07. The molecule has 2 aliphatic heterocycles. The molecule has 0 aromatic carbocycles. The molecule has 2 aliphatic rings. The lowest BCUT2D eigenvalue weighted by Crippen LogP contribution is -2.41. The van der Waals surface area contributed by atoms with Gasteiger partial charge in [0.15, 0.2) is 0 Å². The summed E-state index contributed by atoms with van der Waals surface area (Å²) >= 11 is 0. The van der Waals surface area contributed by atoms with Crippen molar-refractivity contribution in [3.05, 3.63) is 0 Å². The largest absolute Gasteiger partial charge is 0.372 e. The van der Waals surface area contributed by atoms with Crippen LogP contribution in [0, 0.1) is 0 Å². The first-order valence-electron chi connectivity index (χ1n) is 4.46. The van der Waals surface area contributed by atoms with Crippen molar-refractivity contribution >= 4 is 0 Å². The van der Waals surface area contributed by atoms with E-state index in [1.54, 1.807) is 0 Å². The van der Waals surface area contributed by atoms with Crippen molar-refractivity contribution in [2.24, 2.45) is 0 Å². The molecule has 2 heterocycles. The predicted molar refractivity (Wildman–Crippen MR) is 41.0 cm³/mol. The van der Waals surface area contributed by atoms with Crippen LogP contribution < -0.4 is 0 Å². The molecule has 0 aromatic heterocycles. The molecule has 0 saturated carbocycles. The van der Waals surface area contributed by atoms with Crippen molar-refractivity contribution in [2.45, 2.75) is 57.2 Å². The van der Waals surface area contributed by atoms with Gasteiger partial charge < -0.3 is 4.74 Å². The lowest BCUT2D eigenvalue weighted by atomic mass is 9.83. The number of hydrogen-bond donors (Lipinski definition) is 0. The molecule has 2 rings (SSSR count). The van der Waals surface area contributed by atoms with Gasteiger partial charge in [-0.3, -0.25) is 0 Å². The second kappa shape index (κ2) is 2.23. The third kappa shape index (κ3) is 1.07. The highest BCUT2D eigenvalue weighted by atomic mass is 16.5. The van der Waals surface area contributed by atoms with Crippen LogP contribution in [0.5, 0.6) is 0 Å². The Hall–Kier alpha value is -0.0400. The van der Waals surface area contributed by atoms with Crippen molar-refractivity contribution in [2.75, 3.05) is 0 Å². The van der Waals surface area contributed by atoms with Crippen LogP contribution in [0.2, 0.25) is 0 Å². The molecule has 0 atom stereocenters. The van der Waals surface area contributed by atoms with Crippen LogP contribution in [-0.4, -0.2) is 11.7 Å². The molecule has 0 unspecified atom stereocenters. The minimum Gasteiger partial charge on any atom is -0.372 e. The van der Waals surface area contributed by atoms with E-state index in [4.69, 9.17) is 4.74 Å². The van der Waals surface area contributed by atoms with E-state index in [1.807, 2.05) is 0 Å². The van der Waals surface area contributed by atoms with Crippen molar-refractivity contribution in [1.82, 2.24) is 0 Å². The Bertz CT molecular complexity index is 121. The van der Waals surface area contributed by atoms with Crippen LogP contribution in [0.3, 0.4) is 0 Å². The van der Waals surface area contributed by atoms with Gasteiger partial charge in [-0.1, -0.05) is 0 Å². The molecule has 0 aliphatic carbocycles. The van der Waals surface area contributed by atoms with E-state index in [2.05, 4.69) is 6.92 Å². The standard InChI is InChI=1S/C9H16O/c1-9-6-2-4-8(10-9)5-3-7-9/h8H,2-7H2,1H3. The molecule has 1 nitrogen and oxygen atoms in total. The molecule has 2 fully saturated rings. The summed E-state index contributed by atoms with van der Waals surface area (Å²) in [4.78, 5) is 0. The van der Waals surface area contributed by atoms with Crippen LogP contribution in [0.4, 0.5) is 0 Å². The Kier molecular flexibility index (Phi) is 1.48. The van der Waals surface area contributed by atoms with Gasteiger partial charge in [0.2, 0.25) is 0 Å². The van der Waals surface area contributed by atoms with E-state index in [1.165, 1.54) is 38.5 Å². The molecular weight excluding hydrogens is 124 g/mol. The first-order chi connectivity index (χ1) is 4.79. The second-order valence-corrected chi connectivity index (χ2v) is 3.97. The van der Waals surface area contributed by atoms with Crippen LogP contribution in [-0.2, 0) is 4.74 Å². The second-order valence-electron chi connectivity index (χ2n) is 3.97. The molecule has 2 saturated heterocycles. The SMILES string of the molecule is CC12CCCC(CCC1)O2. The van der Waals surface area contributed by atoms with Gasteiger partial charge >= 0.3 is 0 Å². The van der Waals surface area contributed by atoms with E-state index < -0.39 is 0 Å². The summed E-state index contributed by atoms with van der Waals surface area (Å²) < 4.78 is 5.91. The van der Waals surface area contributed by atoms with E-state index >= 15 is 0 Å². The van der Waals surface area contributed by atoms with Crippen molar-refractivity contribution < 1.29 is 4.74 Å². The smallest absolute Gasteiger partial charge is 0.0658 e. The first-order valence-corrected chi connectivity index (χ1v) is 4.46. The van der Waals surface area contributed by atoms with Crippen LogP contribution in [0.1, 0.15) is 45.4 Å². The third-order valence-electron chi connectivity index (χ3n) is 2.91. The fraction of sp³-hybridized carbons (Fsp3) is 1.00. The van der Waals surface area contributed by atoms with Crippen molar-refractivity contribution in [3.63, 3.8) is 0 Å². The van der Waals surface area contributed by atoms with Gasteiger partial charge in [-0.25, -0.2) is 0 Å². The molecule has 58 valence electrons. The highest BCUT2D eigenvalue weighted by Crippen LogP contribution is 2.38. The molecule has 0 spiro atoms. The van der Waals surface area contributed by atoms with Gasteiger partial charge in [-0.15, -0.1) is 0 Å². The Labute approximate surface area is 62.8 Å². The molecule has 0 amide bonds. The zero-order valence-corrected chi connectivity index (χ0v) is 6.73. The Morgan fingerprint density at radius 3 is 2.20 bits per heavy atom. The number of hydrogen-bond acceptors (Lipinski definition) is 1. The summed E-state index contributed by atoms with van der Waals surface area (Å²) in [7, 11) is 0. The molecule has 0 N–H and O–H groups in total. The van der Waals surface area contributed by atoms with Gasteiger partial charge in [-0.2, -0.15) is 0 Å². The van der Waals surface area contributed by atoms with Gasteiger partial charge in [-0.05, 0) is 45.4 Å². The lowest BCUT2D eigenvalue weighted by Gasteiger charge is -2.43. The average molecular weight is 140 g/mol.